The number of rotatable bonds is 8. The van der Waals surface area contributed by atoms with Crippen molar-refractivity contribution < 1.29 is 38.6 Å². The number of ether oxygens (including phenoxy) is 2. The molecule has 0 unspecified atom stereocenters. The van der Waals surface area contributed by atoms with Crippen LogP contribution in [0.1, 0.15) is 31.1 Å². The summed E-state index contributed by atoms with van der Waals surface area (Å²) in [6.07, 6.45) is -4.59. The molecule has 0 aliphatic carbocycles. The van der Waals surface area contributed by atoms with Gasteiger partial charge in [-0.15, -0.1) is 0 Å². The van der Waals surface area contributed by atoms with Gasteiger partial charge in [-0.1, -0.05) is 63.4 Å². The summed E-state index contributed by atoms with van der Waals surface area (Å²) in [6.45, 7) is 0. The molecule has 13 heteroatoms. The van der Waals surface area contributed by atoms with E-state index >= 15 is 0 Å². The molecule has 0 aromatic heterocycles. The van der Waals surface area contributed by atoms with Gasteiger partial charge in [-0.25, -0.2) is 14.4 Å². The molecule has 0 fully saturated rings. The van der Waals surface area contributed by atoms with E-state index in [1.807, 2.05) is 5.43 Å². The molecule has 3 aromatic rings. The number of benzene rings is 3. The van der Waals surface area contributed by atoms with E-state index in [2.05, 4.69) is 21.4 Å². The summed E-state index contributed by atoms with van der Waals surface area (Å²) in [6, 6.07) is 17.3. The lowest BCUT2D eigenvalue weighted by Gasteiger charge is -2.24. The number of carboxylic acids is 1. The molecule has 0 saturated carbocycles. The quantitative estimate of drug-likeness (QED) is 0.251. The Labute approximate surface area is 233 Å². The molecular weight excluding hydrogens is 607 g/mol. The molecule has 10 nitrogen and oxygen atoms in total. The van der Waals surface area contributed by atoms with E-state index in [1.165, 1.54) is 60.7 Å². The summed E-state index contributed by atoms with van der Waals surface area (Å²) in [5.74, 6) is -6.28. The lowest BCUT2D eigenvalue weighted by molar-refractivity contribution is -0.159. The molecule has 38 heavy (non-hydrogen) atoms. The van der Waals surface area contributed by atoms with Crippen LogP contribution in [0.4, 0.5) is 0 Å². The fraction of sp³-hybridized carbons (Fsp3) is 0.0800. The number of hydrazine groups is 1. The van der Waals surface area contributed by atoms with Crippen LogP contribution in [0.5, 0.6) is 0 Å². The van der Waals surface area contributed by atoms with Gasteiger partial charge in [0.15, 0.2) is 0 Å². The summed E-state index contributed by atoms with van der Waals surface area (Å²) in [7, 11) is 0. The van der Waals surface area contributed by atoms with Gasteiger partial charge in [-0.2, -0.15) is 0 Å². The number of carbonyl (C=O) groups excluding carboxylic acids is 4. The summed E-state index contributed by atoms with van der Waals surface area (Å²) in [4.78, 5) is 62.9. The average Bonchev–Trinajstić information content (AvgIpc) is 2.89. The highest BCUT2D eigenvalue weighted by atomic mass is 79.9. The number of esters is 2. The van der Waals surface area contributed by atoms with E-state index in [0.29, 0.717) is 4.47 Å². The SMILES string of the molecule is O=C(NNC(=O)[C@H](OC(=O)c1ccccc1Cl)[C@H](OC(=O)c1ccccc1Cl)C(=O)O)c1ccc(Br)cc1. The fourth-order valence-electron chi connectivity index (χ4n) is 2.97. The highest BCUT2D eigenvalue weighted by Gasteiger charge is 2.41. The maximum atomic E-state index is 13.0. The fourth-order valence-corrected chi connectivity index (χ4v) is 3.66. The Kier molecular flexibility index (Phi) is 9.83. The summed E-state index contributed by atoms with van der Waals surface area (Å²) in [5, 5.41) is 9.69. The largest absolute Gasteiger partial charge is 0.478 e. The van der Waals surface area contributed by atoms with Gasteiger partial charge in [0.05, 0.1) is 21.2 Å². The molecule has 3 N–H and O–H groups in total. The maximum absolute atomic E-state index is 13.0. The van der Waals surface area contributed by atoms with Gasteiger partial charge in [0.1, 0.15) is 0 Å². The monoisotopic (exact) mass is 622 g/mol. The Hall–Kier alpha value is -3.93. The summed E-state index contributed by atoms with van der Waals surface area (Å²) < 4.78 is 10.9. The first-order valence-electron chi connectivity index (χ1n) is 10.6. The Balaban J connectivity index is 1.87. The zero-order chi connectivity index (χ0) is 27.8. The van der Waals surface area contributed by atoms with Gasteiger partial charge >= 0.3 is 17.9 Å². The third-order valence-electron chi connectivity index (χ3n) is 4.84. The summed E-state index contributed by atoms with van der Waals surface area (Å²) in [5.41, 5.74) is 3.84. The zero-order valence-corrected chi connectivity index (χ0v) is 22.1. The molecule has 2 amide bonds. The van der Waals surface area contributed by atoms with Gasteiger partial charge in [0.25, 0.3) is 11.8 Å². The van der Waals surface area contributed by atoms with E-state index in [0.717, 1.165) is 0 Å². The number of hydrogen-bond donors (Lipinski definition) is 3. The van der Waals surface area contributed by atoms with Gasteiger partial charge in [0.2, 0.25) is 12.2 Å². The Morgan fingerprint density at radius 2 is 1.18 bits per heavy atom. The van der Waals surface area contributed by atoms with Gasteiger partial charge < -0.3 is 14.6 Å². The maximum Gasteiger partial charge on any atom is 0.349 e. The Morgan fingerprint density at radius 1 is 0.711 bits per heavy atom. The predicted octanol–water partition coefficient (Wildman–Crippen LogP) is 4.05. The standard InChI is InChI=1S/C25H17BrCl2N2O8/c26-14-11-9-13(10-12-14)21(31)29-30-22(32)19(37-24(35)15-5-1-3-7-17(15)27)20(23(33)34)38-25(36)16-6-2-4-8-18(16)28/h1-12,19-20H,(H,29,31)(H,30,32)(H,33,34)/t19-,20+/m1/s1. The van der Waals surface area contributed by atoms with E-state index in [4.69, 9.17) is 32.7 Å². The van der Waals surface area contributed by atoms with E-state index in [1.54, 1.807) is 12.1 Å². The third kappa shape index (κ3) is 7.31. The van der Waals surface area contributed by atoms with E-state index in [-0.39, 0.29) is 26.7 Å². The van der Waals surface area contributed by atoms with Crippen LogP contribution in [-0.4, -0.2) is 47.0 Å². The van der Waals surface area contributed by atoms with Crippen molar-refractivity contribution in [3.8, 4) is 0 Å². The van der Waals surface area contributed by atoms with E-state index in [9.17, 15) is 29.1 Å². The number of carboxylic acid groups (broad SMARTS) is 1. The van der Waals surface area contributed by atoms with Crippen molar-refractivity contribution in [2.75, 3.05) is 0 Å². The van der Waals surface area contributed by atoms with E-state index < -0.39 is 41.9 Å². The predicted molar refractivity (Wildman–Crippen MR) is 139 cm³/mol. The van der Waals surface area contributed by atoms with Crippen LogP contribution in [0.15, 0.2) is 77.3 Å². The molecule has 0 bridgehead atoms. The van der Waals surface area contributed by atoms with Crippen molar-refractivity contribution in [1.82, 2.24) is 10.9 Å². The van der Waals surface area contributed by atoms with Crippen LogP contribution >= 0.6 is 39.1 Å². The second kappa shape index (κ2) is 13.0. The zero-order valence-electron chi connectivity index (χ0n) is 19.0. The van der Waals surface area contributed by atoms with Crippen molar-refractivity contribution in [2.24, 2.45) is 0 Å². The van der Waals surface area contributed by atoms with Crippen molar-refractivity contribution in [3.63, 3.8) is 0 Å². The minimum atomic E-state index is -2.34. The van der Waals surface area contributed by atoms with Crippen LogP contribution < -0.4 is 10.9 Å². The minimum Gasteiger partial charge on any atom is -0.478 e. The van der Waals surface area contributed by atoms with Gasteiger partial charge in [-0.05, 0) is 48.5 Å². The molecule has 3 aromatic carbocycles. The topological polar surface area (TPSA) is 148 Å². The van der Waals surface area contributed by atoms with Crippen molar-refractivity contribution in [1.29, 1.82) is 0 Å². The van der Waals surface area contributed by atoms with Crippen molar-refractivity contribution in [3.05, 3.63) is 104 Å². The highest BCUT2D eigenvalue weighted by molar-refractivity contribution is 9.10. The molecule has 0 heterocycles. The first-order valence-corrected chi connectivity index (χ1v) is 12.1. The normalized spacial score (nSPS) is 12.0. The third-order valence-corrected chi connectivity index (χ3v) is 6.03. The molecule has 196 valence electrons. The second-order valence-corrected chi connectivity index (χ2v) is 9.13. The Bertz CT molecular complexity index is 1380. The number of halogens is 3. The smallest absolute Gasteiger partial charge is 0.349 e. The first-order chi connectivity index (χ1) is 18.1. The van der Waals surface area contributed by atoms with Crippen LogP contribution in [0.25, 0.3) is 0 Å². The number of aliphatic carboxylic acids is 1. The molecular formula is C25H17BrCl2N2O8. The molecule has 0 saturated heterocycles. The van der Waals surface area contributed by atoms with Crippen LogP contribution in [-0.2, 0) is 19.1 Å². The number of hydrogen-bond acceptors (Lipinski definition) is 7. The number of carbonyl (C=O) groups is 5. The average molecular weight is 624 g/mol. The molecule has 0 radical (unpaired) electrons. The minimum absolute atomic E-state index is 0.0415. The van der Waals surface area contributed by atoms with Crippen LogP contribution in [0.2, 0.25) is 10.0 Å². The van der Waals surface area contributed by atoms with Crippen LogP contribution in [0, 0.1) is 0 Å². The lowest BCUT2D eigenvalue weighted by Crippen LogP contribution is -2.54. The number of nitrogens with one attached hydrogen (secondary N) is 2. The number of amides is 2. The first kappa shape index (κ1) is 28.6. The van der Waals surface area contributed by atoms with Crippen molar-refractivity contribution >= 4 is 68.9 Å². The molecule has 3 rings (SSSR count). The Morgan fingerprint density at radius 3 is 1.66 bits per heavy atom. The van der Waals surface area contributed by atoms with Crippen molar-refractivity contribution in [2.45, 2.75) is 12.2 Å². The molecule has 0 aliphatic rings. The lowest BCUT2D eigenvalue weighted by atomic mass is 10.1. The van der Waals surface area contributed by atoms with Gasteiger partial charge in [0, 0.05) is 10.0 Å². The molecule has 0 spiro atoms. The summed E-state index contributed by atoms with van der Waals surface area (Å²) >= 11 is 15.2. The molecule has 0 aliphatic heterocycles. The molecule has 2 atom stereocenters. The highest BCUT2D eigenvalue weighted by Crippen LogP contribution is 2.21. The second-order valence-electron chi connectivity index (χ2n) is 7.40. The van der Waals surface area contributed by atoms with Crippen LogP contribution in [0.3, 0.4) is 0 Å². The van der Waals surface area contributed by atoms with Gasteiger partial charge in [-0.3, -0.25) is 20.4 Å².